The Balaban J connectivity index is 2.37. The van der Waals surface area contributed by atoms with Crippen LogP contribution in [-0.2, 0) is 4.79 Å². The van der Waals surface area contributed by atoms with Crippen LogP contribution in [-0.4, -0.2) is 37.0 Å². The Bertz CT molecular complexity index is 208. The van der Waals surface area contributed by atoms with Crippen LogP contribution in [0.2, 0.25) is 0 Å². The summed E-state index contributed by atoms with van der Waals surface area (Å²) >= 11 is 0. The summed E-state index contributed by atoms with van der Waals surface area (Å²) < 4.78 is 0. The lowest BCUT2D eigenvalue weighted by atomic mass is 9.92. The summed E-state index contributed by atoms with van der Waals surface area (Å²) in [7, 11) is 1.86. The molecule has 0 bridgehead atoms. The van der Waals surface area contributed by atoms with Crippen LogP contribution in [0, 0.1) is 5.41 Å². The van der Waals surface area contributed by atoms with Crippen molar-refractivity contribution in [2.75, 3.05) is 20.1 Å². The van der Waals surface area contributed by atoms with Crippen molar-refractivity contribution in [3.05, 3.63) is 0 Å². The number of amides is 1. The summed E-state index contributed by atoms with van der Waals surface area (Å²) in [5.41, 5.74) is 0.317. The Morgan fingerprint density at radius 1 is 1.50 bits per heavy atom. The van der Waals surface area contributed by atoms with Crippen molar-refractivity contribution in [3.8, 4) is 0 Å². The molecule has 1 aliphatic heterocycles. The molecule has 0 aromatic carbocycles. The molecule has 3 heteroatoms. The molecule has 0 radical (unpaired) electrons. The smallest absolute Gasteiger partial charge is 0.239 e. The van der Waals surface area contributed by atoms with Crippen LogP contribution >= 0.6 is 0 Å². The minimum Gasteiger partial charge on any atom is -0.341 e. The molecular formula is C11H22N2O. The third kappa shape index (κ3) is 2.98. The summed E-state index contributed by atoms with van der Waals surface area (Å²) in [6.45, 7) is 8.45. The lowest BCUT2D eigenvalue weighted by Gasteiger charge is -2.23. The summed E-state index contributed by atoms with van der Waals surface area (Å²) in [4.78, 5) is 13.7. The number of hydrogen-bond acceptors (Lipinski definition) is 2. The van der Waals surface area contributed by atoms with E-state index in [-0.39, 0.29) is 11.9 Å². The first-order valence-electron chi connectivity index (χ1n) is 5.40. The molecular weight excluding hydrogens is 176 g/mol. The predicted octanol–water partition coefficient (Wildman–Crippen LogP) is 1.24. The van der Waals surface area contributed by atoms with E-state index in [1.807, 2.05) is 11.9 Å². The predicted molar refractivity (Wildman–Crippen MR) is 58.1 cm³/mol. The van der Waals surface area contributed by atoms with E-state index in [1.165, 1.54) is 0 Å². The van der Waals surface area contributed by atoms with E-state index in [2.05, 4.69) is 26.1 Å². The van der Waals surface area contributed by atoms with E-state index < -0.39 is 0 Å². The van der Waals surface area contributed by atoms with Gasteiger partial charge in [-0.3, -0.25) is 4.79 Å². The maximum atomic E-state index is 11.7. The molecule has 1 N–H and O–H groups in total. The number of nitrogens with zero attached hydrogens (tertiary/aromatic N) is 1. The van der Waals surface area contributed by atoms with Gasteiger partial charge < -0.3 is 10.2 Å². The standard InChI is InChI=1S/C11H22N2O/c1-11(2,3)6-8-13-7-5-9(12-4)10(13)14/h9,12H,5-8H2,1-4H3. The molecule has 1 unspecified atom stereocenters. The van der Waals surface area contributed by atoms with Gasteiger partial charge in [-0.05, 0) is 25.3 Å². The molecule has 0 spiro atoms. The number of nitrogens with one attached hydrogen (secondary N) is 1. The average Bonchev–Trinajstić information content (AvgIpc) is 2.42. The van der Waals surface area contributed by atoms with Gasteiger partial charge in [0.2, 0.25) is 5.91 Å². The van der Waals surface area contributed by atoms with E-state index in [0.29, 0.717) is 5.41 Å². The first-order chi connectivity index (χ1) is 6.44. The largest absolute Gasteiger partial charge is 0.341 e. The van der Waals surface area contributed by atoms with Gasteiger partial charge in [-0.25, -0.2) is 0 Å². The fourth-order valence-electron chi connectivity index (χ4n) is 1.70. The van der Waals surface area contributed by atoms with Crippen molar-refractivity contribution in [1.29, 1.82) is 0 Å². The average molecular weight is 198 g/mol. The van der Waals surface area contributed by atoms with Crippen LogP contribution in [0.5, 0.6) is 0 Å². The summed E-state index contributed by atoms with van der Waals surface area (Å²) in [6, 6.07) is 0.0648. The van der Waals surface area contributed by atoms with Crippen molar-refractivity contribution in [1.82, 2.24) is 10.2 Å². The minimum absolute atomic E-state index is 0.0648. The molecule has 1 amide bonds. The van der Waals surface area contributed by atoms with Gasteiger partial charge in [0.25, 0.3) is 0 Å². The normalized spacial score (nSPS) is 23.3. The number of likely N-dealkylation sites (tertiary alicyclic amines) is 1. The molecule has 1 atom stereocenters. The highest BCUT2D eigenvalue weighted by molar-refractivity contribution is 5.83. The van der Waals surface area contributed by atoms with Crippen molar-refractivity contribution >= 4 is 5.91 Å². The van der Waals surface area contributed by atoms with Gasteiger partial charge in [0.1, 0.15) is 0 Å². The summed E-state index contributed by atoms with van der Waals surface area (Å²) in [5, 5.41) is 3.05. The fourth-order valence-corrected chi connectivity index (χ4v) is 1.70. The number of hydrogen-bond donors (Lipinski definition) is 1. The minimum atomic E-state index is 0.0648. The van der Waals surface area contributed by atoms with Crippen molar-refractivity contribution < 1.29 is 4.79 Å². The van der Waals surface area contributed by atoms with Gasteiger partial charge in [-0.1, -0.05) is 20.8 Å². The van der Waals surface area contributed by atoms with E-state index in [4.69, 9.17) is 0 Å². The SMILES string of the molecule is CNC1CCN(CCC(C)(C)C)C1=O. The van der Waals surface area contributed by atoms with Gasteiger partial charge in [0.05, 0.1) is 6.04 Å². The second kappa shape index (κ2) is 4.30. The second-order valence-corrected chi connectivity index (χ2v) is 5.27. The lowest BCUT2D eigenvalue weighted by Crippen LogP contribution is -2.37. The molecule has 1 saturated heterocycles. The van der Waals surface area contributed by atoms with E-state index in [9.17, 15) is 4.79 Å². The Hall–Kier alpha value is -0.570. The number of carbonyl (C=O) groups is 1. The Kier molecular flexibility index (Phi) is 3.53. The van der Waals surface area contributed by atoms with Crippen LogP contribution in [0.15, 0.2) is 0 Å². The highest BCUT2D eigenvalue weighted by Gasteiger charge is 2.30. The Morgan fingerprint density at radius 2 is 2.14 bits per heavy atom. The zero-order chi connectivity index (χ0) is 10.8. The van der Waals surface area contributed by atoms with Crippen molar-refractivity contribution in [2.45, 2.75) is 39.7 Å². The van der Waals surface area contributed by atoms with Gasteiger partial charge >= 0.3 is 0 Å². The number of rotatable bonds is 3. The van der Waals surface area contributed by atoms with Crippen LogP contribution in [0.4, 0.5) is 0 Å². The quantitative estimate of drug-likeness (QED) is 0.740. The highest BCUT2D eigenvalue weighted by Crippen LogP contribution is 2.20. The molecule has 1 rings (SSSR count). The summed E-state index contributed by atoms with van der Waals surface area (Å²) in [5.74, 6) is 0.275. The lowest BCUT2D eigenvalue weighted by molar-refractivity contribution is -0.129. The van der Waals surface area contributed by atoms with Crippen molar-refractivity contribution in [3.63, 3.8) is 0 Å². The maximum Gasteiger partial charge on any atom is 0.239 e. The molecule has 0 aromatic heterocycles. The molecule has 0 aliphatic carbocycles. The van der Waals surface area contributed by atoms with Gasteiger partial charge in [-0.2, -0.15) is 0 Å². The molecule has 82 valence electrons. The monoisotopic (exact) mass is 198 g/mol. The molecule has 1 aliphatic rings. The third-order valence-corrected chi connectivity index (χ3v) is 2.78. The van der Waals surface area contributed by atoms with Crippen LogP contribution in [0.1, 0.15) is 33.6 Å². The zero-order valence-electron chi connectivity index (χ0n) is 9.76. The first kappa shape index (κ1) is 11.5. The molecule has 1 fully saturated rings. The Labute approximate surface area is 86.9 Å². The van der Waals surface area contributed by atoms with Crippen LogP contribution in [0.25, 0.3) is 0 Å². The van der Waals surface area contributed by atoms with E-state index in [1.54, 1.807) is 0 Å². The molecule has 0 saturated carbocycles. The number of carbonyl (C=O) groups excluding carboxylic acids is 1. The van der Waals surface area contributed by atoms with Crippen LogP contribution in [0.3, 0.4) is 0 Å². The van der Waals surface area contributed by atoms with Gasteiger partial charge in [0.15, 0.2) is 0 Å². The molecule has 3 nitrogen and oxygen atoms in total. The number of likely N-dealkylation sites (N-methyl/N-ethyl adjacent to an activating group) is 1. The first-order valence-corrected chi connectivity index (χ1v) is 5.40. The van der Waals surface area contributed by atoms with E-state index >= 15 is 0 Å². The topological polar surface area (TPSA) is 32.3 Å². The highest BCUT2D eigenvalue weighted by atomic mass is 16.2. The van der Waals surface area contributed by atoms with E-state index in [0.717, 1.165) is 25.9 Å². The molecule has 14 heavy (non-hydrogen) atoms. The van der Waals surface area contributed by atoms with Crippen molar-refractivity contribution in [2.24, 2.45) is 5.41 Å². The Morgan fingerprint density at radius 3 is 2.57 bits per heavy atom. The maximum absolute atomic E-state index is 11.7. The van der Waals surface area contributed by atoms with Crippen LogP contribution < -0.4 is 5.32 Å². The fraction of sp³-hybridized carbons (Fsp3) is 0.909. The van der Waals surface area contributed by atoms with Gasteiger partial charge in [0, 0.05) is 13.1 Å². The zero-order valence-corrected chi connectivity index (χ0v) is 9.76. The van der Waals surface area contributed by atoms with Gasteiger partial charge in [-0.15, -0.1) is 0 Å². The second-order valence-electron chi connectivity index (χ2n) is 5.27. The summed E-state index contributed by atoms with van der Waals surface area (Å²) in [6.07, 6.45) is 2.04. The molecule has 0 aromatic rings. The molecule has 1 heterocycles. The third-order valence-electron chi connectivity index (χ3n) is 2.78.